The number of fused-ring (bicyclic) bond motifs is 2. The third-order valence-electron chi connectivity index (χ3n) is 4.55. The topological polar surface area (TPSA) is 38.3 Å². The van der Waals surface area contributed by atoms with Crippen LogP contribution in [0.5, 0.6) is 5.75 Å². The maximum Gasteiger partial charge on any atom is 0.251 e. The lowest BCUT2D eigenvalue weighted by Gasteiger charge is -2.23. The van der Waals surface area contributed by atoms with Crippen molar-refractivity contribution >= 4 is 17.5 Å². The summed E-state index contributed by atoms with van der Waals surface area (Å²) in [7, 11) is 0. The number of benzene rings is 1. The lowest BCUT2D eigenvalue weighted by atomic mass is 9.95. The number of halogens is 1. The van der Waals surface area contributed by atoms with E-state index in [1.807, 2.05) is 6.92 Å². The van der Waals surface area contributed by atoms with Gasteiger partial charge < -0.3 is 10.1 Å². The van der Waals surface area contributed by atoms with Gasteiger partial charge in [0, 0.05) is 11.6 Å². The van der Waals surface area contributed by atoms with Crippen molar-refractivity contribution in [2.45, 2.75) is 38.6 Å². The summed E-state index contributed by atoms with van der Waals surface area (Å²) >= 11 is 6.13. The van der Waals surface area contributed by atoms with Gasteiger partial charge in [-0.2, -0.15) is 0 Å². The molecule has 20 heavy (non-hydrogen) atoms. The highest BCUT2D eigenvalue weighted by molar-refractivity contribution is 6.32. The molecule has 2 saturated carbocycles. The van der Waals surface area contributed by atoms with Gasteiger partial charge >= 0.3 is 0 Å². The fourth-order valence-corrected chi connectivity index (χ4v) is 3.82. The summed E-state index contributed by atoms with van der Waals surface area (Å²) in [5, 5.41) is 3.66. The van der Waals surface area contributed by atoms with E-state index in [-0.39, 0.29) is 5.91 Å². The van der Waals surface area contributed by atoms with E-state index in [4.69, 9.17) is 16.3 Å². The van der Waals surface area contributed by atoms with Crippen LogP contribution in [0.15, 0.2) is 18.2 Å². The number of nitrogens with one attached hydrogen (secondary N) is 1. The van der Waals surface area contributed by atoms with Crippen molar-refractivity contribution in [3.8, 4) is 5.75 Å². The number of rotatable bonds is 4. The van der Waals surface area contributed by atoms with E-state index in [0.717, 1.165) is 12.3 Å². The van der Waals surface area contributed by atoms with Crippen molar-refractivity contribution < 1.29 is 9.53 Å². The largest absolute Gasteiger partial charge is 0.492 e. The van der Waals surface area contributed by atoms with E-state index in [9.17, 15) is 4.79 Å². The summed E-state index contributed by atoms with van der Waals surface area (Å²) in [5.41, 5.74) is 0.612. The molecule has 3 nitrogen and oxygen atoms in total. The van der Waals surface area contributed by atoms with Crippen LogP contribution in [0, 0.1) is 11.8 Å². The zero-order chi connectivity index (χ0) is 14.1. The molecule has 1 aromatic rings. The predicted molar refractivity (Wildman–Crippen MR) is 79.3 cm³/mol. The molecule has 2 aliphatic carbocycles. The molecule has 0 aliphatic heterocycles. The van der Waals surface area contributed by atoms with Gasteiger partial charge in [0.15, 0.2) is 0 Å². The Labute approximate surface area is 124 Å². The quantitative estimate of drug-likeness (QED) is 0.920. The highest BCUT2D eigenvalue weighted by Gasteiger charge is 2.40. The van der Waals surface area contributed by atoms with E-state index in [0.29, 0.717) is 34.9 Å². The number of ether oxygens (including phenoxy) is 1. The maximum absolute atomic E-state index is 12.3. The van der Waals surface area contributed by atoms with Gasteiger partial charge in [-0.15, -0.1) is 0 Å². The molecule has 108 valence electrons. The first kappa shape index (κ1) is 13.7. The first-order chi connectivity index (χ1) is 9.67. The second kappa shape index (κ2) is 5.65. The Morgan fingerprint density at radius 3 is 2.85 bits per heavy atom. The van der Waals surface area contributed by atoms with E-state index in [1.165, 1.54) is 19.3 Å². The van der Waals surface area contributed by atoms with Crippen molar-refractivity contribution in [1.82, 2.24) is 5.32 Å². The van der Waals surface area contributed by atoms with Crippen LogP contribution in [0.25, 0.3) is 0 Å². The van der Waals surface area contributed by atoms with E-state index in [1.54, 1.807) is 18.2 Å². The summed E-state index contributed by atoms with van der Waals surface area (Å²) in [5.74, 6) is 2.12. The number of hydrogen-bond acceptors (Lipinski definition) is 2. The van der Waals surface area contributed by atoms with Crippen molar-refractivity contribution in [3.05, 3.63) is 28.8 Å². The lowest BCUT2D eigenvalue weighted by molar-refractivity contribution is 0.0923. The molecule has 2 aliphatic rings. The van der Waals surface area contributed by atoms with Crippen molar-refractivity contribution in [2.24, 2.45) is 11.8 Å². The summed E-state index contributed by atoms with van der Waals surface area (Å²) in [4.78, 5) is 12.3. The predicted octanol–water partition coefficient (Wildman–Crippen LogP) is 3.66. The zero-order valence-electron chi connectivity index (χ0n) is 11.7. The van der Waals surface area contributed by atoms with Gasteiger partial charge in [-0.3, -0.25) is 4.79 Å². The summed E-state index contributed by atoms with van der Waals surface area (Å²) < 4.78 is 5.38. The zero-order valence-corrected chi connectivity index (χ0v) is 12.5. The molecule has 1 amide bonds. The Morgan fingerprint density at radius 1 is 1.40 bits per heavy atom. The summed E-state index contributed by atoms with van der Waals surface area (Å²) in [6.07, 6.45) is 5.03. The third-order valence-corrected chi connectivity index (χ3v) is 4.84. The standard InChI is InChI=1S/C16H20ClNO2/c1-2-20-15-6-5-12(9-13(15)17)16(19)18-14-8-10-3-4-11(14)7-10/h5-6,9-11,14H,2-4,7-8H2,1H3,(H,18,19). The normalized spacial score (nSPS) is 27.6. The molecule has 0 radical (unpaired) electrons. The minimum absolute atomic E-state index is 0.0208. The Morgan fingerprint density at radius 2 is 2.25 bits per heavy atom. The van der Waals surface area contributed by atoms with Gasteiger partial charge in [0.1, 0.15) is 5.75 Å². The molecule has 4 heteroatoms. The van der Waals surface area contributed by atoms with Crippen molar-refractivity contribution in [3.63, 3.8) is 0 Å². The monoisotopic (exact) mass is 293 g/mol. The number of carbonyl (C=O) groups excluding carboxylic acids is 1. The molecule has 1 N–H and O–H groups in total. The summed E-state index contributed by atoms with van der Waals surface area (Å²) in [6, 6.07) is 5.59. The third kappa shape index (κ3) is 2.64. The smallest absolute Gasteiger partial charge is 0.251 e. The number of hydrogen-bond donors (Lipinski definition) is 1. The number of amides is 1. The molecule has 3 rings (SSSR count). The van der Waals surface area contributed by atoms with Gasteiger partial charge in [0.05, 0.1) is 11.6 Å². The van der Waals surface area contributed by atoms with Crippen LogP contribution in [0.2, 0.25) is 5.02 Å². The SMILES string of the molecule is CCOc1ccc(C(=O)NC2CC3CCC2C3)cc1Cl. The first-order valence-electron chi connectivity index (χ1n) is 7.40. The molecule has 2 fully saturated rings. The molecule has 0 spiro atoms. The molecule has 3 unspecified atom stereocenters. The van der Waals surface area contributed by atoms with Crippen molar-refractivity contribution in [1.29, 1.82) is 0 Å². The Hall–Kier alpha value is -1.22. The molecular formula is C16H20ClNO2. The summed E-state index contributed by atoms with van der Waals surface area (Å²) in [6.45, 7) is 2.47. The van der Waals surface area contributed by atoms with Crippen LogP contribution >= 0.6 is 11.6 Å². The number of carbonyl (C=O) groups is 1. The fourth-order valence-electron chi connectivity index (χ4n) is 3.59. The lowest BCUT2D eigenvalue weighted by Crippen LogP contribution is -2.38. The molecule has 3 atom stereocenters. The average molecular weight is 294 g/mol. The van der Waals surface area contributed by atoms with Gasteiger partial charge in [-0.25, -0.2) is 0 Å². The van der Waals surface area contributed by atoms with Gasteiger partial charge in [0.25, 0.3) is 5.91 Å². The Bertz CT molecular complexity index is 517. The average Bonchev–Trinajstić information content (AvgIpc) is 3.03. The second-order valence-corrected chi connectivity index (χ2v) is 6.24. The molecule has 0 heterocycles. The molecule has 0 aromatic heterocycles. The molecule has 2 bridgehead atoms. The second-order valence-electron chi connectivity index (χ2n) is 5.83. The van der Waals surface area contributed by atoms with Crippen LogP contribution in [-0.2, 0) is 0 Å². The van der Waals surface area contributed by atoms with Crippen LogP contribution in [0.1, 0.15) is 43.0 Å². The van der Waals surface area contributed by atoms with Crippen LogP contribution in [-0.4, -0.2) is 18.6 Å². The van der Waals surface area contributed by atoms with Gasteiger partial charge in [-0.1, -0.05) is 18.0 Å². The van der Waals surface area contributed by atoms with Crippen LogP contribution < -0.4 is 10.1 Å². The Balaban J connectivity index is 1.66. The fraction of sp³-hybridized carbons (Fsp3) is 0.562. The van der Waals surface area contributed by atoms with E-state index < -0.39 is 0 Å². The maximum atomic E-state index is 12.3. The highest BCUT2D eigenvalue weighted by atomic mass is 35.5. The first-order valence-corrected chi connectivity index (χ1v) is 7.78. The minimum Gasteiger partial charge on any atom is -0.492 e. The van der Waals surface area contributed by atoms with Gasteiger partial charge in [0.2, 0.25) is 0 Å². The van der Waals surface area contributed by atoms with E-state index >= 15 is 0 Å². The van der Waals surface area contributed by atoms with Crippen molar-refractivity contribution in [2.75, 3.05) is 6.61 Å². The minimum atomic E-state index is -0.0208. The van der Waals surface area contributed by atoms with Crippen LogP contribution in [0.4, 0.5) is 0 Å². The molecule has 1 aromatic carbocycles. The molecule has 0 saturated heterocycles. The van der Waals surface area contributed by atoms with E-state index in [2.05, 4.69) is 5.32 Å². The molecular weight excluding hydrogens is 274 g/mol. The highest BCUT2D eigenvalue weighted by Crippen LogP contribution is 2.44. The van der Waals surface area contributed by atoms with Crippen LogP contribution in [0.3, 0.4) is 0 Å². The Kier molecular flexibility index (Phi) is 3.88. The van der Waals surface area contributed by atoms with Gasteiger partial charge in [-0.05, 0) is 56.2 Å².